The first-order chi connectivity index (χ1) is 25.1. The zero-order chi connectivity index (χ0) is 38.4. The molecular weight excluding hydrogens is 737 g/mol. The smallest absolute Gasteiger partial charge is 0.387 e. The Kier molecular flexibility index (Phi) is 11.1. The van der Waals surface area contributed by atoms with Crippen LogP contribution in [0.4, 0.5) is 17.5 Å². The third kappa shape index (κ3) is 7.88. The molecule has 290 valence electrons. The molecule has 53 heavy (non-hydrogen) atoms. The number of ether oxygens (including phenoxy) is 3. The summed E-state index contributed by atoms with van der Waals surface area (Å²) in [4.78, 5) is 47.7. The summed E-state index contributed by atoms with van der Waals surface area (Å²) >= 11 is 0. The van der Waals surface area contributed by atoms with Gasteiger partial charge in [0, 0.05) is 18.6 Å². The topological polar surface area (TPSA) is 377 Å². The molecule has 3 aromatic heterocycles. The molecule has 3 aromatic rings. The number of rotatable bonds is 12. The lowest BCUT2D eigenvalue weighted by atomic mass is 10.1. The third-order valence-corrected chi connectivity index (χ3v) is 9.98. The van der Waals surface area contributed by atoms with E-state index in [4.69, 9.17) is 45.0 Å². The molecular formula is C27H36N9O16P. The fraction of sp³-hybridized carbons (Fsp3) is 0.556. The summed E-state index contributed by atoms with van der Waals surface area (Å²) in [5, 5.41) is 63.9. The SMILES string of the molecule is Nc1ccn(C2OC(COP(=O)(OCC3OC(n4ccc(N)nc4=O)C(O)C3O)OCC3OC(n4ccc(N)nc4=O)C(O)C3O)C(O)C2O)c(=O)n1. The number of aliphatic hydroxyl groups is 6. The minimum Gasteiger partial charge on any atom is -0.387 e. The van der Waals surface area contributed by atoms with Gasteiger partial charge in [-0.2, -0.15) is 15.0 Å². The molecule has 0 amide bonds. The molecule has 0 aromatic carbocycles. The monoisotopic (exact) mass is 773 g/mol. The number of hydrogen-bond donors (Lipinski definition) is 9. The van der Waals surface area contributed by atoms with Gasteiger partial charge in [0.05, 0.1) is 19.8 Å². The van der Waals surface area contributed by atoms with Crippen LogP contribution in [0.25, 0.3) is 0 Å². The van der Waals surface area contributed by atoms with Gasteiger partial charge in [0.1, 0.15) is 72.4 Å². The molecule has 0 spiro atoms. The van der Waals surface area contributed by atoms with E-state index in [1.165, 1.54) is 18.2 Å². The maximum Gasteiger partial charge on any atom is 0.475 e. The van der Waals surface area contributed by atoms with E-state index in [0.29, 0.717) is 0 Å². The molecule has 12 N–H and O–H groups in total. The van der Waals surface area contributed by atoms with Crippen molar-refractivity contribution in [3.63, 3.8) is 0 Å². The van der Waals surface area contributed by atoms with Crippen LogP contribution in [0.5, 0.6) is 0 Å². The van der Waals surface area contributed by atoms with Gasteiger partial charge < -0.3 is 62.1 Å². The molecule has 25 nitrogen and oxygen atoms in total. The normalized spacial score (nSPS) is 34.0. The zero-order valence-corrected chi connectivity index (χ0v) is 28.0. The van der Waals surface area contributed by atoms with E-state index >= 15 is 0 Å². The van der Waals surface area contributed by atoms with Crippen LogP contribution in [0.1, 0.15) is 18.7 Å². The minimum atomic E-state index is -4.95. The second kappa shape index (κ2) is 15.3. The van der Waals surface area contributed by atoms with Crippen LogP contribution in [-0.2, 0) is 32.3 Å². The Morgan fingerprint density at radius 1 is 0.547 bits per heavy atom. The summed E-state index contributed by atoms with van der Waals surface area (Å²) in [6.45, 7) is -2.50. The van der Waals surface area contributed by atoms with E-state index in [1.54, 1.807) is 0 Å². The summed E-state index contributed by atoms with van der Waals surface area (Å²) in [6, 6.07) is 3.73. The van der Waals surface area contributed by atoms with E-state index < -0.39 is 118 Å². The van der Waals surface area contributed by atoms with Crippen LogP contribution < -0.4 is 34.3 Å². The van der Waals surface area contributed by atoms with Crippen molar-refractivity contribution in [3.05, 3.63) is 68.2 Å². The molecule has 6 heterocycles. The fourth-order valence-electron chi connectivity index (χ4n) is 5.75. The van der Waals surface area contributed by atoms with Crippen molar-refractivity contribution < 1.29 is 63.0 Å². The highest BCUT2D eigenvalue weighted by Gasteiger charge is 2.49. The number of nitrogens with two attached hydrogens (primary N) is 3. The largest absolute Gasteiger partial charge is 0.475 e. The van der Waals surface area contributed by atoms with Crippen molar-refractivity contribution in [2.24, 2.45) is 0 Å². The highest BCUT2D eigenvalue weighted by molar-refractivity contribution is 7.48. The van der Waals surface area contributed by atoms with Crippen molar-refractivity contribution in [1.82, 2.24) is 28.7 Å². The highest BCUT2D eigenvalue weighted by atomic mass is 31.2. The zero-order valence-electron chi connectivity index (χ0n) is 27.1. The Bertz CT molecular complexity index is 1800. The Morgan fingerprint density at radius 3 is 1.06 bits per heavy atom. The molecule has 3 aliphatic heterocycles. The number of aliphatic hydroxyl groups excluding tert-OH is 6. The number of phosphoric ester groups is 1. The summed E-state index contributed by atoms with van der Waals surface area (Å²) in [5.41, 5.74) is 13.8. The van der Waals surface area contributed by atoms with Gasteiger partial charge in [0.15, 0.2) is 18.7 Å². The van der Waals surface area contributed by atoms with Crippen LogP contribution in [-0.4, -0.2) is 134 Å². The van der Waals surface area contributed by atoms with Gasteiger partial charge in [0.25, 0.3) is 0 Å². The predicted octanol–water partition coefficient (Wildman–Crippen LogP) is -5.48. The standard InChI is InChI=1S/C27H36N9O16P/c28-13-1-4-34(25(43)31-13)22-19(40)16(37)10(50-22)7-47-53(46,48-8-11-17(38)20(41)23(51-11)35-5-2-14(29)32-26(35)44)49-9-12-18(39)21(42)24(52-12)36-6-3-15(30)33-27(36)45/h1-6,10-12,16-24,37-42H,7-9H2,(H2,28,31,43)(H2,29,32,44)(H2,30,33,45). The molecule has 12 atom stereocenters. The van der Waals surface area contributed by atoms with Crippen molar-refractivity contribution >= 4 is 25.3 Å². The summed E-state index contributed by atoms with van der Waals surface area (Å²) in [7, 11) is -4.95. The van der Waals surface area contributed by atoms with Gasteiger partial charge in [-0.3, -0.25) is 27.3 Å². The van der Waals surface area contributed by atoms with Crippen LogP contribution in [0.2, 0.25) is 0 Å². The Balaban J connectivity index is 1.18. The van der Waals surface area contributed by atoms with E-state index in [0.717, 1.165) is 32.3 Å². The number of nitrogen functional groups attached to an aromatic ring is 3. The molecule has 3 aliphatic rings. The van der Waals surface area contributed by atoms with Gasteiger partial charge in [-0.25, -0.2) is 18.9 Å². The molecule has 3 fully saturated rings. The Labute approximate surface area is 295 Å². The first kappa shape index (κ1) is 38.5. The van der Waals surface area contributed by atoms with Crippen LogP contribution in [0, 0.1) is 0 Å². The van der Waals surface area contributed by atoms with E-state index in [9.17, 15) is 49.6 Å². The number of hydrogen-bond acceptors (Lipinski definition) is 22. The molecule has 26 heteroatoms. The third-order valence-electron chi connectivity index (χ3n) is 8.58. The van der Waals surface area contributed by atoms with Gasteiger partial charge in [-0.1, -0.05) is 0 Å². The molecule has 0 aliphatic carbocycles. The lowest BCUT2D eigenvalue weighted by Gasteiger charge is -2.24. The molecule has 6 rings (SSSR count). The molecule has 0 bridgehead atoms. The number of nitrogens with zero attached hydrogens (tertiary/aromatic N) is 6. The highest BCUT2D eigenvalue weighted by Crippen LogP contribution is 2.51. The quantitative estimate of drug-likeness (QED) is 0.0775. The fourth-order valence-corrected chi connectivity index (χ4v) is 6.97. The lowest BCUT2D eigenvalue weighted by Crippen LogP contribution is -2.37. The van der Waals surface area contributed by atoms with Gasteiger partial charge in [0.2, 0.25) is 0 Å². The summed E-state index contributed by atoms with van der Waals surface area (Å²) in [5.74, 6) is -0.349. The number of anilines is 3. The average Bonchev–Trinajstić information content (AvgIpc) is 3.67. The molecule has 0 saturated carbocycles. The average molecular weight is 774 g/mol. The van der Waals surface area contributed by atoms with Crippen molar-refractivity contribution in [2.75, 3.05) is 37.0 Å². The summed E-state index contributed by atoms with van der Waals surface area (Å²) < 4.78 is 49.7. The van der Waals surface area contributed by atoms with Gasteiger partial charge >= 0.3 is 24.9 Å². The molecule has 3 saturated heterocycles. The van der Waals surface area contributed by atoms with Gasteiger partial charge in [-0.15, -0.1) is 0 Å². The van der Waals surface area contributed by atoms with Crippen LogP contribution in [0.3, 0.4) is 0 Å². The minimum absolute atomic E-state index is 0.116. The molecule has 0 radical (unpaired) electrons. The predicted molar refractivity (Wildman–Crippen MR) is 172 cm³/mol. The lowest BCUT2D eigenvalue weighted by molar-refractivity contribution is -0.0749. The molecule has 12 unspecified atom stereocenters. The van der Waals surface area contributed by atoms with Crippen molar-refractivity contribution in [3.8, 4) is 0 Å². The second-order valence-corrected chi connectivity index (χ2v) is 13.8. The number of aromatic nitrogens is 6. The maximum absolute atomic E-state index is 14.1. The van der Waals surface area contributed by atoms with E-state index in [-0.39, 0.29) is 17.5 Å². The first-order valence-corrected chi connectivity index (χ1v) is 17.2. The van der Waals surface area contributed by atoms with Crippen molar-refractivity contribution in [1.29, 1.82) is 0 Å². The van der Waals surface area contributed by atoms with Crippen LogP contribution in [0.15, 0.2) is 51.2 Å². The van der Waals surface area contributed by atoms with E-state index in [2.05, 4.69) is 15.0 Å². The maximum atomic E-state index is 14.1. The van der Waals surface area contributed by atoms with Crippen molar-refractivity contribution in [2.45, 2.75) is 73.6 Å². The second-order valence-electron chi connectivity index (χ2n) is 12.1. The van der Waals surface area contributed by atoms with E-state index in [1.807, 2.05) is 0 Å². The first-order valence-electron chi connectivity index (χ1n) is 15.7. The summed E-state index contributed by atoms with van der Waals surface area (Å²) in [6.07, 6.45) is -15.7. The van der Waals surface area contributed by atoms with Crippen LogP contribution >= 0.6 is 7.82 Å². The Morgan fingerprint density at radius 2 is 0.811 bits per heavy atom. The Hall–Kier alpha value is -4.21. The number of phosphoric acid groups is 1. The van der Waals surface area contributed by atoms with Gasteiger partial charge in [-0.05, 0) is 18.2 Å².